The van der Waals surface area contributed by atoms with Crippen LogP contribution in [0.4, 0.5) is 4.79 Å². The fourth-order valence-electron chi connectivity index (χ4n) is 4.46. The van der Waals surface area contributed by atoms with Gasteiger partial charge in [-0.15, -0.1) is 0 Å². The summed E-state index contributed by atoms with van der Waals surface area (Å²) in [5.41, 5.74) is 2.71. The second-order valence-electron chi connectivity index (χ2n) is 8.89. The lowest BCUT2D eigenvalue weighted by Gasteiger charge is -2.21. The van der Waals surface area contributed by atoms with Crippen molar-refractivity contribution in [3.63, 3.8) is 0 Å². The van der Waals surface area contributed by atoms with Crippen LogP contribution in [-0.4, -0.2) is 39.9 Å². The van der Waals surface area contributed by atoms with Gasteiger partial charge in [0.05, 0.1) is 22.5 Å². The fraction of sp³-hybridized carbons (Fsp3) is 0.241. The fourth-order valence-corrected chi connectivity index (χ4v) is 5.44. The van der Waals surface area contributed by atoms with Gasteiger partial charge in [0.25, 0.3) is 5.91 Å². The van der Waals surface area contributed by atoms with Crippen LogP contribution in [0.3, 0.4) is 0 Å². The average Bonchev–Trinajstić information content (AvgIpc) is 3.31. The number of nitrogens with zero attached hydrogens (tertiary/aromatic N) is 3. The van der Waals surface area contributed by atoms with Gasteiger partial charge in [-0.05, 0) is 80.3 Å². The number of amides is 1. The second-order valence-corrected chi connectivity index (χ2v) is 10.0. The number of fused-ring (bicyclic) bond motifs is 1. The predicted molar refractivity (Wildman–Crippen MR) is 146 cm³/mol. The van der Waals surface area contributed by atoms with E-state index in [-0.39, 0.29) is 12.0 Å². The topological polar surface area (TPSA) is 86.1 Å². The zero-order valence-corrected chi connectivity index (χ0v) is 21.4. The third-order valence-electron chi connectivity index (χ3n) is 6.36. The number of aromatic nitrogens is 3. The molecule has 2 heterocycles. The van der Waals surface area contributed by atoms with Crippen LogP contribution >= 0.6 is 11.8 Å². The van der Waals surface area contributed by atoms with Gasteiger partial charge in [-0.25, -0.2) is 4.79 Å². The lowest BCUT2D eigenvalue weighted by molar-refractivity contribution is 0.0749. The van der Waals surface area contributed by atoms with Gasteiger partial charge in [-0.2, -0.15) is 9.78 Å². The summed E-state index contributed by atoms with van der Waals surface area (Å²) in [5.74, 6) is -0.146. The first kappa shape index (κ1) is 24.8. The third kappa shape index (κ3) is 5.75. The van der Waals surface area contributed by atoms with Gasteiger partial charge in [0, 0.05) is 28.4 Å². The van der Waals surface area contributed by atoms with E-state index in [4.69, 9.17) is 4.74 Å². The minimum absolute atomic E-state index is 0.0787. The number of benzene rings is 2. The number of carbonyl (C=O) groups excluding carboxylic acids is 2. The molecule has 1 amide bonds. The van der Waals surface area contributed by atoms with E-state index in [1.807, 2.05) is 66.7 Å². The molecule has 0 spiro atoms. The Hall–Kier alpha value is -3.91. The SMILES string of the molecule is CNC(=O)c1ccccc1Sc1ccc2c(/C=C/c3ccccn3)nn(C(=O)OC3CCCCC3)c2c1. The minimum Gasteiger partial charge on any atom is -0.445 e. The first-order valence-corrected chi connectivity index (χ1v) is 13.3. The molecule has 1 aliphatic carbocycles. The monoisotopic (exact) mass is 512 g/mol. The van der Waals surface area contributed by atoms with Crippen molar-refractivity contribution < 1.29 is 14.3 Å². The van der Waals surface area contributed by atoms with E-state index in [1.165, 1.54) is 22.9 Å². The van der Waals surface area contributed by atoms with Crippen LogP contribution in [0, 0.1) is 0 Å². The maximum Gasteiger partial charge on any atom is 0.435 e. The number of hydrogen-bond acceptors (Lipinski definition) is 6. The molecule has 0 aliphatic heterocycles. The molecule has 2 aromatic carbocycles. The van der Waals surface area contributed by atoms with Crippen LogP contribution in [0.25, 0.3) is 23.1 Å². The lowest BCUT2D eigenvalue weighted by atomic mass is 9.98. The summed E-state index contributed by atoms with van der Waals surface area (Å²) in [6.45, 7) is 0. The zero-order valence-electron chi connectivity index (χ0n) is 20.6. The first-order chi connectivity index (χ1) is 18.1. The summed E-state index contributed by atoms with van der Waals surface area (Å²) >= 11 is 1.47. The smallest absolute Gasteiger partial charge is 0.435 e. The van der Waals surface area contributed by atoms with Gasteiger partial charge in [0.15, 0.2) is 0 Å². The molecule has 0 atom stereocenters. The molecule has 37 heavy (non-hydrogen) atoms. The molecule has 188 valence electrons. The van der Waals surface area contributed by atoms with E-state index in [9.17, 15) is 9.59 Å². The summed E-state index contributed by atoms with van der Waals surface area (Å²) in [4.78, 5) is 31.6. The molecule has 5 rings (SSSR count). The highest BCUT2D eigenvalue weighted by atomic mass is 32.2. The molecule has 0 unspecified atom stereocenters. The molecule has 1 N–H and O–H groups in total. The normalized spacial score (nSPS) is 14.2. The zero-order chi connectivity index (χ0) is 25.6. The summed E-state index contributed by atoms with van der Waals surface area (Å²) in [7, 11) is 1.62. The predicted octanol–water partition coefficient (Wildman–Crippen LogP) is 6.43. The molecule has 0 saturated heterocycles. The standard InChI is InChI=1S/C29H28N4O3S/c1-30-28(34)24-12-5-6-13-27(24)37-22-15-16-23-25(17-14-20-9-7-8-18-31-20)32-33(26(23)19-22)29(35)36-21-10-3-2-4-11-21/h5-9,12-19,21H,2-4,10-11H2,1H3,(H,30,34)/b17-14+. The molecule has 2 aromatic heterocycles. The first-order valence-electron chi connectivity index (χ1n) is 12.4. The lowest BCUT2D eigenvalue weighted by Crippen LogP contribution is -2.24. The van der Waals surface area contributed by atoms with Crippen LogP contribution in [0.5, 0.6) is 0 Å². The van der Waals surface area contributed by atoms with Gasteiger partial charge in [-0.1, -0.05) is 36.4 Å². The highest BCUT2D eigenvalue weighted by molar-refractivity contribution is 7.99. The Morgan fingerprint density at radius 2 is 1.84 bits per heavy atom. The van der Waals surface area contributed by atoms with Crippen molar-refractivity contribution >= 4 is 46.8 Å². The quantitative estimate of drug-likeness (QED) is 0.320. The van der Waals surface area contributed by atoms with E-state index in [2.05, 4.69) is 15.4 Å². The summed E-state index contributed by atoms with van der Waals surface area (Å²) < 4.78 is 7.21. The Morgan fingerprint density at radius 3 is 2.62 bits per heavy atom. The Balaban J connectivity index is 1.51. The molecule has 4 aromatic rings. The molecule has 8 heteroatoms. The van der Waals surface area contributed by atoms with E-state index in [0.29, 0.717) is 16.8 Å². The summed E-state index contributed by atoms with van der Waals surface area (Å²) in [5, 5.41) is 8.15. The molecule has 1 aliphatic rings. The van der Waals surface area contributed by atoms with Crippen molar-refractivity contribution in [3.05, 3.63) is 83.8 Å². The van der Waals surface area contributed by atoms with Gasteiger partial charge in [-0.3, -0.25) is 9.78 Å². The van der Waals surface area contributed by atoms with Crippen molar-refractivity contribution in [3.8, 4) is 0 Å². The highest BCUT2D eigenvalue weighted by Gasteiger charge is 2.22. The van der Waals surface area contributed by atoms with Crippen LogP contribution in [0.15, 0.2) is 76.7 Å². The maximum absolute atomic E-state index is 13.2. The van der Waals surface area contributed by atoms with Crippen molar-refractivity contribution in [2.24, 2.45) is 0 Å². The van der Waals surface area contributed by atoms with Crippen LogP contribution in [0.1, 0.15) is 53.8 Å². The Labute approximate surface area is 219 Å². The summed E-state index contributed by atoms with van der Waals surface area (Å²) in [6.07, 6.45) is 10.0. The van der Waals surface area contributed by atoms with Gasteiger partial charge >= 0.3 is 6.09 Å². The number of nitrogens with one attached hydrogen (secondary N) is 1. The minimum atomic E-state index is -0.470. The van der Waals surface area contributed by atoms with Crippen LogP contribution in [-0.2, 0) is 4.74 Å². The maximum atomic E-state index is 13.2. The van der Waals surface area contributed by atoms with Crippen molar-refractivity contribution in [1.82, 2.24) is 20.1 Å². The van der Waals surface area contributed by atoms with E-state index in [1.54, 1.807) is 19.3 Å². The van der Waals surface area contributed by atoms with Crippen LogP contribution in [0.2, 0.25) is 0 Å². The Morgan fingerprint density at radius 1 is 1.03 bits per heavy atom. The molecular formula is C29H28N4O3S. The number of carbonyl (C=O) groups is 2. The number of ether oxygens (including phenoxy) is 1. The summed E-state index contributed by atoms with van der Waals surface area (Å²) in [6, 6.07) is 19.0. The van der Waals surface area contributed by atoms with Crippen molar-refractivity contribution in [2.75, 3.05) is 7.05 Å². The Bertz CT molecular complexity index is 1440. The van der Waals surface area contributed by atoms with Gasteiger partial charge in [0.1, 0.15) is 6.10 Å². The molecular weight excluding hydrogens is 484 g/mol. The molecule has 7 nitrogen and oxygen atoms in total. The molecule has 0 radical (unpaired) electrons. The second kappa shape index (κ2) is 11.4. The van der Waals surface area contributed by atoms with Crippen molar-refractivity contribution in [1.29, 1.82) is 0 Å². The van der Waals surface area contributed by atoms with E-state index >= 15 is 0 Å². The number of pyridine rings is 1. The molecule has 0 bridgehead atoms. The molecule has 1 saturated carbocycles. The Kier molecular flexibility index (Phi) is 7.65. The van der Waals surface area contributed by atoms with Crippen molar-refractivity contribution in [2.45, 2.75) is 48.0 Å². The number of rotatable bonds is 6. The number of hydrogen-bond donors (Lipinski definition) is 1. The van der Waals surface area contributed by atoms with E-state index < -0.39 is 6.09 Å². The molecule has 1 fully saturated rings. The van der Waals surface area contributed by atoms with E-state index in [0.717, 1.165) is 46.6 Å². The highest BCUT2D eigenvalue weighted by Crippen LogP contribution is 2.34. The van der Waals surface area contributed by atoms with Gasteiger partial charge < -0.3 is 10.1 Å². The largest absolute Gasteiger partial charge is 0.445 e. The third-order valence-corrected chi connectivity index (χ3v) is 7.43. The van der Waals surface area contributed by atoms with Gasteiger partial charge in [0.2, 0.25) is 0 Å². The average molecular weight is 513 g/mol. The van der Waals surface area contributed by atoms with Crippen LogP contribution < -0.4 is 5.32 Å².